The molecule has 2 rings (SSSR count). The number of carboxylic acids is 2. The van der Waals surface area contributed by atoms with Crippen LogP contribution in [-0.4, -0.2) is 22.2 Å². The summed E-state index contributed by atoms with van der Waals surface area (Å²) in [5.41, 5.74) is 0.364. The minimum Gasteiger partial charge on any atom is -0.478 e. The number of carboxylic acid groups (broad SMARTS) is 2. The smallest absolute Gasteiger partial charge is 0.335 e. The van der Waals surface area contributed by atoms with E-state index in [-0.39, 0.29) is 11.1 Å². The molecular formula is C16H16O4. The Balaban J connectivity index is 2.28. The van der Waals surface area contributed by atoms with E-state index in [1.807, 2.05) is 0 Å². The van der Waals surface area contributed by atoms with Crippen LogP contribution in [-0.2, 0) is 0 Å². The summed E-state index contributed by atoms with van der Waals surface area (Å²) < 4.78 is 0. The van der Waals surface area contributed by atoms with Crippen LogP contribution < -0.4 is 0 Å². The van der Waals surface area contributed by atoms with E-state index in [1.165, 1.54) is 31.4 Å². The molecule has 0 atom stereocenters. The number of carbonyl (C=O) groups is 2. The quantitative estimate of drug-likeness (QED) is 0.811. The van der Waals surface area contributed by atoms with Gasteiger partial charge in [0.15, 0.2) is 0 Å². The lowest BCUT2D eigenvalue weighted by atomic mass is 9.89. The lowest BCUT2D eigenvalue weighted by Gasteiger charge is -2.15. The Kier molecular flexibility index (Phi) is 4.41. The normalized spacial score (nSPS) is 15.2. The fraction of sp³-hybridized carbons (Fsp3) is 0.375. The van der Waals surface area contributed by atoms with Gasteiger partial charge in [0.2, 0.25) is 0 Å². The molecule has 0 radical (unpaired) electrons. The van der Waals surface area contributed by atoms with Crippen LogP contribution in [0.5, 0.6) is 0 Å². The topological polar surface area (TPSA) is 74.6 Å². The highest BCUT2D eigenvalue weighted by atomic mass is 16.4. The molecule has 2 N–H and O–H groups in total. The Hall–Kier alpha value is -2.28. The molecule has 1 saturated carbocycles. The first-order valence-corrected chi connectivity index (χ1v) is 6.69. The van der Waals surface area contributed by atoms with E-state index in [0.29, 0.717) is 11.5 Å². The first-order valence-electron chi connectivity index (χ1n) is 6.69. The molecule has 0 unspecified atom stereocenters. The molecule has 1 fully saturated rings. The van der Waals surface area contributed by atoms with Crippen LogP contribution in [0.15, 0.2) is 18.2 Å². The second kappa shape index (κ2) is 6.25. The molecule has 0 spiro atoms. The molecule has 104 valence electrons. The van der Waals surface area contributed by atoms with Gasteiger partial charge < -0.3 is 10.2 Å². The zero-order valence-electron chi connectivity index (χ0n) is 11.1. The average Bonchev–Trinajstić information content (AvgIpc) is 2.45. The molecule has 1 aliphatic rings. The standard InChI is InChI=1S/C16H16O4/c17-15(18)13-8-12(9-14(10-13)16(19)20)7-6-11-4-2-1-3-5-11/h8-11H,1-5H2,(H,17,18)(H,19,20). The van der Waals surface area contributed by atoms with Gasteiger partial charge in [-0.1, -0.05) is 31.1 Å². The molecular weight excluding hydrogens is 256 g/mol. The third-order valence-electron chi connectivity index (χ3n) is 3.45. The summed E-state index contributed by atoms with van der Waals surface area (Å²) in [4.78, 5) is 22.0. The lowest BCUT2D eigenvalue weighted by molar-refractivity contribution is 0.0696. The molecule has 0 aromatic heterocycles. The third-order valence-corrected chi connectivity index (χ3v) is 3.45. The summed E-state index contributed by atoms with van der Waals surface area (Å²) in [5, 5.41) is 18.0. The maximum absolute atomic E-state index is 11.0. The van der Waals surface area contributed by atoms with Crippen molar-refractivity contribution in [1.29, 1.82) is 0 Å². The Morgan fingerprint density at radius 3 is 2.00 bits per heavy atom. The van der Waals surface area contributed by atoms with E-state index in [0.717, 1.165) is 18.9 Å². The van der Waals surface area contributed by atoms with Crippen LogP contribution in [0.25, 0.3) is 0 Å². The number of benzene rings is 1. The predicted octanol–water partition coefficient (Wildman–Crippen LogP) is 3.01. The molecule has 0 saturated heterocycles. The van der Waals surface area contributed by atoms with Crippen LogP contribution in [0.2, 0.25) is 0 Å². The van der Waals surface area contributed by atoms with Gasteiger partial charge in [-0.3, -0.25) is 0 Å². The highest BCUT2D eigenvalue weighted by Crippen LogP contribution is 2.23. The van der Waals surface area contributed by atoms with Crippen molar-refractivity contribution in [3.8, 4) is 11.8 Å². The van der Waals surface area contributed by atoms with E-state index < -0.39 is 11.9 Å². The van der Waals surface area contributed by atoms with Crippen LogP contribution in [0.1, 0.15) is 58.4 Å². The van der Waals surface area contributed by atoms with E-state index in [2.05, 4.69) is 11.8 Å². The molecule has 0 aliphatic heterocycles. The van der Waals surface area contributed by atoms with E-state index in [9.17, 15) is 9.59 Å². The minimum atomic E-state index is -1.14. The summed E-state index contributed by atoms with van der Waals surface area (Å²) in [5.74, 6) is 4.11. The van der Waals surface area contributed by atoms with Gasteiger partial charge >= 0.3 is 11.9 Å². The molecule has 20 heavy (non-hydrogen) atoms. The number of hydrogen-bond acceptors (Lipinski definition) is 2. The van der Waals surface area contributed by atoms with Crippen molar-refractivity contribution in [2.75, 3.05) is 0 Å². The van der Waals surface area contributed by atoms with Crippen molar-refractivity contribution in [3.05, 3.63) is 34.9 Å². The Morgan fingerprint density at radius 2 is 1.50 bits per heavy atom. The zero-order valence-corrected chi connectivity index (χ0v) is 11.1. The van der Waals surface area contributed by atoms with Gasteiger partial charge in [0, 0.05) is 11.5 Å². The lowest BCUT2D eigenvalue weighted by Crippen LogP contribution is -2.04. The Bertz CT molecular complexity index is 554. The van der Waals surface area contributed by atoms with Crippen molar-refractivity contribution in [2.24, 2.45) is 5.92 Å². The first kappa shape index (κ1) is 14.1. The number of aromatic carboxylic acids is 2. The zero-order chi connectivity index (χ0) is 14.5. The summed E-state index contributed by atoms with van der Waals surface area (Å²) in [6.07, 6.45) is 5.73. The minimum absolute atomic E-state index is 0.0437. The molecule has 0 amide bonds. The van der Waals surface area contributed by atoms with Gasteiger partial charge in [0.25, 0.3) is 0 Å². The van der Waals surface area contributed by atoms with Gasteiger partial charge in [-0.15, -0.1) is 0 Å². The van der Waals surface area contributed by atoms with Crippen LogP contribution in [0.3, 0.4) is 0 Å². The largest absolute Gasteiger partial charge is 0.478 e. The first-order chi connectivity index (χ1) is 9.56. The maximum Gasteiger partial charge on any atom is 0.335 e. The van der Waals surface area contributed by atoms with Gasteiger partial charge in [0.05, 0.1) is 11.1 Å². The van der Waals surface area contributed by atoms with E-state index in [1.54, 1.807) is 0 Å². The van der Waals surface area contributed by atoms with Gasteiger partial charge in [-0.2, -0.15) is 0 Å². The Morgan fingerprint density at radius 1 is 0.950 bits per heavy atom. The predicted molar refractivity (Wildman–Crippen MR) is 73.8 cm³/mol. The second-order valence-electron chi connectivity index (χ2n) is 5.01. The van der Waals surface area contributed by atoms with Crippen molar-refractivity contribution in [1.82, 2.24) is 0 Å². The number of rotatable bonds is 2. The van der Waals surface area contributed by atoms with E-state index >= 15 is 0 Å². The summed E-state index contributed by atoms with van der Waals surface area (Å²) in [6, 6.07) is 3.99. The fourth-order valence-electron chi connectivity index (χ4n) is 2.38. The van der Waals surface area contributed by atoms with Gasteiger partial charge in [0.1, 0.15) is 0 Å². The van der Waals surface area contributed by atoms with Gasteiger partial charge in [-0.25, -0.2) is 9.59 Å². The summed E-state index contributed by atoms with van der Waals surface area (Å²) >= 11 is 0. The van der Waals surface area contributed by atoms with Crippen molar-refractivity contribution < 1.29 is 19.8 Å². The molecule has 4 heteroatoms. The molecule has 1 aromatic carbocycles. The molecule has 0 bridgehead atoms. The molecule has 4 nitrogen and oxygen atoms in total. The van der Waals surface area contributed by atoms with Crippen LogP contribution in [0, 0.1) is 17.8 Å². The van der Waals surface area contributed by atoms with E-state index in [4.69, 9.17) is 10.2 Å². The van der Waals surface area contributed by atoms with Crippen LogP contribution in [0.4, 0.5) is 0 Å². The molecule has 1 aromatic rings. The highest BCUT2D eigenvalue weighted by Gasteiger charge is 2.12. The Labute approximate surface area is 117 Å². The highest BCUT2D eigenvalue weighted by molar-refractivity contribution is 5.94. The SMILES string of the molecule is O=C(O)c1cc(C#CC2CCCCC2)cc(C(=O)O)c1. The summed E-state index contributed by atoms with van der Waals surface area (Å²) in [7, 11) is 0. The maximum atomic E-state index is 11.0. The second-order valence-corrected chi connectivity index (χ2v) is 5.01. The van der Waals surface area contributed by atoms with Crippen molar-refractivity contribution in [2.45, 2.75) is 32.1 Å². The monoisotopic (exact) mass is 272 g/mol. The van der Waals surface area contributed by atoms with Crippen LogP contribution >= 0.6 is 0 Å². The summed E-state index contributed by atoms with van der Waals surface area (Å²) in [6.45, 7) is 0. The van der Waals surface area contributed by atoms with Crippen molar-refractivity contribution >= 4 is 11.9 Å². The molecule has 0 heterocycles. The fourth-order valence-corrected chi connectivity index (χ4v) is 2.38. The van der Waals surface area contributed by atoms with Gasteiger partial charge in [-0.05, 0) is 31.0 Å². The van der Waals surface area contributed by atoms with Crippen molar-refractivity contribution in [3.63, 3.8) is 0 Å². The number of hydrogen-bond donors (Lipinski definition) is 2. The average molecular weight is 272 g/mol. The third kappa shape index (κ3) is 3.61. The molecule has 1 aliphatic carbocycles.